The van der Waals surface area contributed by atoms with Gasteiger partial charge in [0.15, 0.2) is 0 Å². The molecule has 0 aromatic heterocycles. The van der Waals surface area contributed by atoms with Crippen LogP contribution in [0.2, 0.25) is 0 Å². The maximum Gasteiger partial charge on any atom is 0.226 e. The third-order valence-electron chi connectivity index (χ3n) is 4.08. The van der Waals surface area contributed by atoms with Gasteiger partial charge in [0, 0.05) is 19.2 Å². The first-order valence-corrected chi connectivity index (χ1v) is 8.67. The van der Waals surface area contributed by atoms with Gasteiger partial charge in [0.25, 0.3) is 0 Å². The van der Waals surface area contributed by atoms with E-state index in [1.165, 1.54) is 57.1 Å². The van der Waals surface area contributed by atoms with Crippen LogP contribution in [-0.4, -0.2) is 13.0 Å². The lowest BCUT2D eigenvalue weighted by Crippen LogP contribution is -2.25. The van der Waals surface area contributed by atoms with Crippen molar-refractivity contribution in [2.45, 2.75) is 71.1 Å². The highest BCUT2D eigenvalue weighted by Crippen LogP contribution is 2.16. The van der Waals surface area contributed by atoms with Crippen molar-refractivity contribution < 1.29 is 9.18 Å². The molecule has 0 fully saturated rings. The van der Waals surface area contributed by atoms with Crippen molar-refractivity contribution in [2.24, 2.45) is 0 Å². The molecule has 0 radical (unpaired) electrons. The van der Waals surface area contributed by atoms with E-state index in [4.69, 9.17) is 0 Å². The largest absolute Gasteiger partial charge is 0.316 e. The Morgan fingerprint density at radius 1 is 0.909 bits per heavy atom. The Kier molecular flexibility index (Phi) is 9.52. The first kappa shape index (κ1) is 18.7. The second-order valence-electron chi connectivity index (χ2n) is 6.01. The molecule has 1 amide bonds. The quantitative estimate of drug-likeness (QED) is 0.479. The zero-order chi connectivity index (χ0) is 16.2. The average Bonchev–Trinajstić information content (AvgIpc) is 2.53. The first-order valence-electron chi connectivity index (χ1n) is 8.67. The SMILES string of the molecule is CCCCCCCCCCCC(=O)N(C)c1ccc(F)cc1. The van der Waals surface area contributed by atoms with E-state index in [1.54, 1.807) is 24.1 Å². The Morgan fingerprint density at radius 3 is 1.95 bits per heavy atom. The van der Waals surface area contributed by atoms with Gasteiger partial charge in [0.05, 0.1) is 0 Å². The van der Waals surface area contributed by atoms with Crippen LogP contribution in [0.5, 0.6) is 0 Å². The summed E-state index contributed by atoms with van der Waals surface area (Å²) in [5.74, 6) is -0.168. The lowest BCUT2D eigenvalue weighted by Gasteiger charge is -2.17. The summed E-state index contributed by atoms with van der Waals surface area (Å²) in [6, 6.07) is 6.06. The average molecular weight is 307 g/mol. The van der Waals surface area contributed by atoms with Gasteiger partial charge in [-0.05, 0) is 30.7 Å². The molecule has 2 nitrogen and oxygen atoms in total. The Bertz CT molecular complexity index is 416. The van der Waals surface area contributed by atoms with Gasteiger partial charge in [-0.1, -0.05) is 58.3 Å². The van der Waals surface area contributed by atoms with Gasteiger partial charge in [-0.25, -0.2) is 4.39 Å². The summed E-state index contributed by atoms with van der Waals surface area (Å²) in [5.41, 5.74) is 0.752. The summed E-state index contributed by atoms with van der Waals surface area (Å²) in [7, 11) is 1.75. The third kappa shape index (κ3) is 7.58. The normalized spacial score (nSPS) is 10.7. The van der Waals surface area contributed by atoms with E-state index in [1.807, 2.05) is 0 Å². The summed E-state index contributed by atoms with van der Waals surface area (Å²) in [6.07, 6.45) is 11.8. The molecular weight excluding hydrogens is 277 g/mol. The van der Waals surface area contributed by atoms with Crippen molar-refractivity contribution in [3.05, 3.63) is 30.1 Å². The number of amides is 1. The molecule has 0 bridgehead atoms. The zero-order valence-corrected chi connectivity index (χ0v) is 14.1. The molecule has 0 spiro atoms. The number of anilines is 1. The van der Waals surface area contributed by atoms with E-state index in [2.05, 4.69) is 6.92 Å². The molecule has 1 aromatic rings. The monoisotopic (exact) mass is 307 g/mol. The smallest absolute Gasteiger partial charge is 0.226 e. The molecular formula is C19H30FNO. The minimum atomic E-state index is -0.275. The fraction of sp³-hybridized carbons (Fsp3) is 0.632. The lowest BCUT2D eigenvalue weighted by molar-refractivity contribution is -0.118. The van der Waals surface area contributed by atoms with Crippen LogP contribution in [0.3, 0.4) is 0 Å². The number of benzene rings is 1. The number of hydrogen-bond donors (Lipinski definition) is 0. The second-order valence-corrected chi connectivity index (χ2v) is 6.01. The number of carbonyl (C=O) groups is 1. The Labute approximate surface area is 134 Å². The molecule has 1 aromatic carbocycles. The molecule has 0 aliphatic rings. The van der Waals surface area contributed by atoms with Crippen LogP contribution < -0.4 is 4.90 Å². The van der Waals surface area contributed by atoms with Crippen molar-refractivity contribution in [1.29, 1.82) is 0 Å². The molecule has 22 heavy (non-hydrogen) atoms. The van der Waals surface area contributed by atoms with Crippen molar-refractivity contribution in [3.63, 3.8) is 0 Å². The van der Waals surface area contributed by atoms with Gasteiger partial charge in [-0.2, -0.15) is 0 Å². The van der Waals surface area contributed by atoms with Gasteiger partial charge in [-0.15, -0.1) is 0 Å². The Hall–Kier alpha value is -1.38. The highest BCUT2D eigenvalue weighted by Gasteiger charge is 2.10. The minimum absolute atomic E-state index is 0.106. The number of carbonyl (C=O) groups excluding carboxylic acids is 1. The van der Waals surface area contributed by atoms with Crippen LogP contribution in [0.4, 0.5) is 10.1 Å². The van der Waals surface area contributed by atoms with Crippen molar-refractivity contribution in [1.82, 2.24) is 0 Å². The summed E-state index contributed by atoms with van der Waals surface area (Å²) in [4.78, 5) is 13.7. The Morgan fingerprint density at radius 2 is 1.41 bits per heavy atom. The zero-order valence-electron chi connectivity index (χ0n) is 14.1. The fourth-order valence-electron chi connectivity index (χ4n) is 2.56. The fourth-order valence-corrected chi connectivity index (χ4v) is 2.56. The molecule has 0 N–H and O–H groups in total. The molecule has 0 aliphatic carbocycles. The molecule has 0 saturated heterocycles. The molecule has 3 heteroatoms. The minimum Gasteiger partial charge on any atom is -0.316 e. The van der Waals surface area contributed by atoms with Crippen molar-refractivity contribution >= 4 is 11.6 Å². The third-order valence-corrected chi connectivity index (χ3v) is 4.08. The van der Waals surface area contributed by atoms with E-state index in [-0.39, 0.29) is 11.7 Å². The molecule has 0 unspecified atom stereocenters. The second kappa shape index (κ2) is 11.2. The number of halogens is 1. The van der Waals surface area contributed by atoms with Crippen LogP contribution in [0, 0.1) is 5.82 Å². The van der Waals surface area contributed by atoms with E-state index < -0.39 is 0 Å². The molecule has 124 valence electrons. The number of rotatable bonds is 11. The van der Waals surface area contributed by atoms with Crippen LogP contribution in [0.25, 0.3) is 0 Å². The van der Waals surface area contributed by atoms with Gasteiger partial charge in [-0.3, -0.25) is 4.79 Å². The predicted octanol–water partition coefficient (Wildman–Crippen LogP) is 5.71. The number of hydrogen-bond acceptors (Lipinski definition) is 1. The van der Waals surface area contributed by atoms with Crippen LogP contribution in [0.1, 0.15) is 71.1 Å². The van der Waals surface area contributed by atoms with Crippen LogP contribution >= 0.6 is 0 Å². The topological polar surface area (TPSA) is 20.3 Å². The van der Waals surface area contributed by atoms with Crippen LogP contribution in [0.15, 0.2) is 24.3 Å². The van der Waals surface area contributed by atoms with Gasteiger partial charge in [0.2, 0.25) is 5.91 Å². The number of nitrogens with zero attached hydrogens (tertiary/aromatic N) is 1. The highest BCUT2D eigenvalue weighted by atomic mass is 19.1. The van der Waals surface area contributed by atoms with Crippen LogP contribution in [-0.2, 0) is 4.79 Å². The molecule has 0 heterocycles. The van der Waals surface area contributed by atoms with Crippen molar-refractivity contribution in [3.8, 4) is 0 Å². The summed E-state index contributed by atoms with van der Waals surface area (Å²) >= 11 is 0. The van der Waals surface area contributed by atoms with E-state index in [9.17, 15) is 9.18 Å². The standard InChI is InChI=1S/C19H30FNO/c1-3-4-5-6-7-8-9-10-11-12-19(22)21(2)18-15-13-17(20)14-16-18/h13-16H,3-12H2,1-2H3. The van der Waals surface area contributed by atoms with Crippen molar-refractivity contribution in [2.75, 3.05) is 11.9 Å². The summed E-state index contributed by atoms with van der Waals surface area (Å²) < 4.78 is 12.9. The maximum atomic E-state index is 12.9. The van der Waals surface area contributed by atoms with E-state index in [0.717, 1.165) is 18.5 Å². The molecule has 0 aliphatic heterocycles. The highest BCUT2D eigenvalue weighted by molar-refractivity contribution is 5.92. The lowest BCUT2D eigenvalue weighted by atomic mass is 10.1. The van der Waals surface area contributed by atoms with E-state index in [0.29, 0.717) is 6.42 Å². The number of unbranched alkanes of at least 4 members (excludes halogenated alkanes) is 8. The van der Waals surface area contributed by atoms with E-state index >= 15 is 0 Å². The molecule has 0 atom stereocenters. The molecule has 1 rings (SSSR count). The maximum absolute atomic E-state index is 12.9. The van der Waals surface area contributed by atoms with Gasteiger partial charge in [0.1, 0.15) is 5.82 Å². The van der Waals surface area contributed by atoms with Gasteiger partial charge < -0.3 is 4.90 Å². The van der Waals surface area contributed by atoms with Gasteiger partial charge >= 0.3 is 0 Å². The first-order chi connectivity index (χ1) is 10.6. The Balaban J connectivity index is 2.09. The predicted molar refractivity (Wildman–Crippen MR) is 91.7 cm³/mol. The summed E-state index contributed by atoms with van der Waals surface area (Å²) in [6.45, 7) is 2.24. The summed E-state index contributed by atoms with van der Waals surface area (Å²) in [5, 5.41) is 0. The molecule has 0 saturated carbocycles.